The number of aryl methyl sites for hydroxylation is 1. The molecule has 21 heavy (non-hydrogen) atoms. The molecule has 112 valence electrons. The molecule has 0 amide bonds. The largest absolute Gasteiger partial charge is 0.486 e. The van der Waals surface area contributed by atoms with Crippen LogP contribution in [-0.4, -0.2) is 20.3 Å². The van der Waals surface area contributed by atoms with Gasteiger partial charge in [-0.1, -0.05) is 22.9 Å². The van der Waals surface area contributed by atoms with Gasteiger partial charge in [0.25, 0.3) is 0 Å². The van der Waals surface area contributed by atoms with Gasteiger partial charge in [-0.25, -0.2) is 0 Å². The molecule has 3 nitrogen and oxygen atoms in total. The number of hydrogen-bond acceptors (Lipinski definition) is 4. The monoisotopic (exact) mass is 367 g/mol. The number of halogens is 1. The lowest BCUT2D eigenvalue weighted by atomic mass is 10.0. The van der Waals surface area contributed by atoms with E-state index < -0.39 is 0 Å². The van der Waals surface area contributed by atoms with Crippen LogP contribution in [0.5, 0.6) is 11.5 Å². The molecule has 0 radical (unpaired) electrons. The van der Waals surface area contributed by atoms with E-state index in [9.17, 15) is 0 Å². The zero-order valence-electron chi connectivity index (χ0n) is 12.1. The van der Waals surface area contributed by atoms with Gasteiger partial charge in [0, 0.05) is 9.35 Å². The average molecular weight is 368 g/mol. The van der Waals surface area contributed by atoms with Gasteiger partial charge in [0.2, 0.25) is 0 Å². The van der Waals surface area contributed by atoms with Gasteiger partial charge in [0.1, 0.15) is 13.2 Å². The molecule has 3 rings (SSSR count). The van der Waals surface area contributed by atoms with Crippen LogP contribution in [0, 0.1) is 0 Å². The molecule has 0 saturated carbocycles. The lowest BCUT2D eigenvalue weighted by molar-refractivity contribution is 0.171. The second kappa shape index (κ2) is 6.38. The molecule has 1 aromatic carbocycles. The normalized spacial score (nSPS) is 15.0. The molecule has 0 bridgehead atoms. The number of rotatable bonds is 4. The fourth-order valence-electron chi connectivity index (χ4n) is 2.62. The fraction of sp³-hybridized carbons (Fsp3) is 0.375. The molecule has 2 heterocycles. The van der Waals surface area contributed by atoms with Crippen molar-refractivity contribution >= 4 is 27.3 Å². The van der Waals surface area contributed by atoms with Gasteiger partial charge in [-0.3, -0.25) is 0 Å². The van der Waals surface area contributed by atoms with Crippen molar-refractivity contribution in [3.63, 3.8) is 0 Å². The van der Waals surface area contributed by atoms with Crippen molar-refractivity contribution in [1.29, 1.82) is 0 Å². The SMILES string of the molecule is CCc1ccsc1C(NC)c1cc2c(cc1Br)OCCO2. The van der Waals surface area contributed by atoms with Crippen molar-refractivity contribution in [2.24, 2.45) is 0 Å². The van der Waals surface area contributed by atoms with Gasteiger partial charge in [-0.15, -0.1) is 11.3 Å². The van der Waals surface area contributed by atoms with E-state index in [0.29, 0.717) is 13.2 Å². The number of ether oxygens (including phenoxy) is 2. The van der Waals surface area contributed by atoms with Crippen molar-refractivity contribution < 1.29 is 9.47 Å². The molecule has 1 aromatic heterocycles. The van der Waals surface area contributed by atoms with E-state index in [1.807, 2.05) is 13.1 Å². The first kappa shape index (κ1) is 14.9. The van der Waals surface area contributed by atoms with Crippen LogP contribution < -0.4 is 14.8 Å². The highest BCUT2D eigenvalue weighted by Gasteiger charge is 2.23. The summed E-state index contributed by atoms with van der Waals surface area (Å²) in [7, 11) is 1.99. The lowest BCUT2D eigenvalue weighted by Gasteiger charge is -2.23. The van der Waals surface area contributed by atoms with Crippen molar-refractivity contribution in [2.45, 2.75) is 19.4 Å². The van der Waals surface area contributed by atoms with Crippen LogP contribution in [0.4, 0.5) is 0 Å². The summed E-state index contributed by atoms with van der Waals surface area (Å²) in [5.74, 6) is 1.64. The van der Waals surface area contributed by atoms with Gasteiger partial charge >= 0.3 is 0 Å². The first-order chi connectivity index (χ1) is 10.2. The number of thiophene rings is 1. The molecule has 2 aromatic rings. The average Bonchev–Trinajstić information content (AvgIpc) is 2.97. The van der Waals surface area contributed by atoms with Gasteiger partial charge < -0.3 is 14.8 Å². The highest BCUT2D eigenvalue weighted by atomic mass is 79.9. The van der Waals surface area contributed by atoms with Crippen LogP contribution in [-0.2, 0) is 6.42 Å². The van der Waals surface area contributed by atoms with Gasteiger partial charge in [0.05, 0.1) is 6.04 Å². The van der Waals surface area contributed by atoms with E-state index in [1.54, 1.807) is 11.3 Å². The lowest BCUT2D eigenvalue weighted by Crippen LogP contribution is -2.20. The highest BCUT2D eigenvalue weighted by molar-refractivity contribution is 9.10. The summed E-state index contributed by atoms with van der Waals surface area (Å²) in [6, 6.07) is 6.45. The molecular weight excluding hydrogens is 350 g/mol. The Balaban J connectivity index is 2.05. The minimum absolute atomic E-state index is 0.158. The zero-order chi connectivity index (χ0) is 14.8. The Hall–Kier alpha value is -1.04. The molecular formula is C16H18BrNO2S. The van der Waals surface area contributed by atoms with Crippen molar-refractivity contribution in [2.75, 3.05) is 20.3 Å². The number of nitrogens with one attached hydrogen (secondary N) is 1. The third-order valence-corrected chi connectivity index (χ3v) is 5.40. The molecule has 1 aliphatic heterocycles. The van der Waals surface area contributed by atoms with Crippen molar-refractivity contribution in [3.8, 4) is 11.5 Å². The predicted octanol–water partition coefficient (Wildman–Crippen LogP) is 4.15. The van der Waals surface area contributed by atoms with Crippen LogP contribution >= 0.6 is 27.3 Å². The first-order valence-electron chi connectivity index (χ1n) is 7.07. The molecule has 0 fully saturated rings. The summed E-state index contributed by atoms with van der Waals surface area (Å²) in [4.78, 5) is 1.36. The Morgan fingerprint density at radius 2 is 2.00 bits per heavy atom. The summed E-state index contributed by atoms with van der Waals surface area (Å²) >= 11 is 5.47. The third kappa shape index (κ3) is 2.82. The van der Waals surface area contributed by atoms with Crippen LogP contribution in [0.1, 0.15) is 29.0 Å². The minimum atomic E-state index is 0.158. The third-order valence-electron chi connectivity index (χ3n) is 3.68. The number of fused-ring (bicyclic) bond motifs is 1. The molecule has 0 saturated heterocycles. The molecule has 1 atom stereocenters. The van der Waals surface area contributed by atoms with Crippen molar-refractivity contribution in [1.82, 2.24) is 5.32 Å². The van der Waals surface area contributed by atoms with Gasteiger partial charge in [0.15, 0.2) is 11.5 Å². The maximum absolute atomic E-state index is 5.72. The van der Waals surface area contributed by atoms with E-state index in [-0.39, 0.29) is 6.04 Å². The molecule has 0 spiro atoms. The summed E-state index contributed by atoms with van der Waals surface area (Å²) in [6.45, 7) is 3.41. The maximum Gasteiger partial charge on any atom is 0.162 e. The Morgan fingerprint density at radius 3 is 2.67 bits per heavy atom. The zero-order valence-corrected chi connectivity index (χ0v) is 14.5. The van der Waals surface area contributed by atoms with Crippen LogP contribution in [0.25, 0.3) is 0 Å². The second-order valence-corrected chi connectivity index (χ2v) is 6.70. The summed E-state index contributed by atoms with van der Waals surface area (Å²) < 4.78 is 12.4. The molecule has 0 aliphatic carbocycles. The fourth-order valence-corrected chi connectivity index (χ4v) is 4.30. The molecule has 1 N–H and O–H groups in total. The van der Waals surface area contributed by atoms with E-state index in [4.69, 9.17) is 9.47 Å². The topological polar surface area (TPSA) is 30.5 Å². The Labute approximate surface area is 137 Å². The minimum Gasteiger partial charge on any atom is -0.486 e. The number of benzene rings is 1. The molecule has 5 heteroatoms. The summed E-state index contributed by atoms with van der Waals surface area (Å²) in [6.07, 6.45) is 1.04. The standard InChI is InChI=1S/C16H18BrNO2S/c1-3-10-4-7-21-16(10)15(18-2)11-8-13-14(9-12(11)17)20-6-5-19-13/h4,7-9,15,18H,3,5-6H2,1-2H3. The maximum atomic E-state index is 5.72. The van der Waals surface area contributed by atoms with Crippen molar-refractivity contribution in [3.05, 3.63) is 44.1 Å². The molecule has 1 aliphatic rings. The number of hydrogen-bond donors (Lipinski definition) is 1. The summed E-state index contributed by atoms with van der Waals surface area (Å²) in [5, 5.41) is 5.58. The quantitative estimate of drug-likeness (QED) is 0.880. The second-order valence-electron chi connectivity index (χ2n) is 4.90. The van der Waals surface area contributed by atoms with E-state index in [2.05, 4.69) is 45.7 Å². The highest BCUT2D eigenvalue weighted by Crippen LogP contribution is 2.41. The first-order valence-corrected chi connectivity index (χ1v) is 8.74. The Morgan fingerprint density at radius 1 is 1.29 bits per heavy atom. The van der Waals surface area contributed by atoms with E-state index in [0.717, 1.165) is 22.4 Å². The van der Waals surface area contributed by atoms with Gasteiger partial charge in [-0.05, 0) is 48.2 Å². The van der Waals surface area contributed by atoms with Gasteiger partial charge in [-0.2, -0.15) is 0 Å². The Kier molecular flexibility index (Phi) is 4.52. The molecule has 1 unspecified atom stereocenters. The smallest absolute Gasteiger partial charge is 0.162 e. The van der Waals surface area contributed by atoms with E-state index >= 15 is 0 Å². The van der Waals surface area contributed by atoms with Crippen LogP contribution in [0.3, 0.4) is 0 Å². The predicted molar refractivity (Wildman–Crippen MR) is 89.7 cm³/mol. The van der Waals surface area contributed by atoms with Crippen LogP contribution in [0.15, 0.2) is 28.1 Å². The van der Waals surface area contributed by atoms with Crippen LogP contribution in [0.2, 0.25) is 0 Å². The summed E-state index contributed by atoms with van der Waals surface area (Å²) in [5.41, 5.74) is 2.57. The Bertz CT molecular complexity index is 641. The van der Waals surface area contributed by atoms with E-state index in [1.165, 1.54) is 16.0 Å².